The van der Waals surface area contributed by atoms with E-state index in [1.165, 1.54) is 4.90 Å². The molecule has 0 aromatic heterocycles. The van der Waals surface area contributed by atoms with Crippen molar-refractivity contribution in [2.24, 2.45) is 5.92 Å². The second-order valence-corrected chi connectivity index (χ2v) is 6.64. The fraction of sp³-hybridized carbons (Fsp3) is 0.625. The average Bonchev–Trinajstić information content (AvgIpc) is 2.47. The second-order valence-electron chi connectivity index (χ2n) is 5.76. The number of halogens is 3. The maximum atomic E-state index is 12.8. The van der Waals surface area contributed by atoms with Gasteiger partial charge in [0.2, 0.25) is 0 Å². The van der Waals surface area contributed by atoms with Gasteiger partial charge < -0.3 is 5.32 Å². The van der Waals surface area contributed by atoms with Crippen molar-refractivity contribution in [1.82, 2.24) is 5.32 Å². The summed E-state index contributed by atoms with van der Waals surface area (Å²) in [5, 5.41) is 3.37. The fourth-order valence-electron chi connectivity index (χ4n) is 2.98. The van der Waals surface area contributed by atoms with Crippen LogP contribution in [0.4, 0.5) is 13.2 Å². The van der Waals surface area contributed by atoms with Crippen LogP contribution in [0.5, 0.6) is 0 Å². The molecule has 0 spiro atoms. The summed E-state index contributed by atoms with van der Waals surface area (Å²) in [5.41, 5.74) is 1.13. The van der Waals surface area contributed by atoms with Crippen LogP contribution in [0.3, 0.4) is 0 Å². The van der Waals surface area contributed by atoms with E-state index in [9.17, 15) is 13.2 Å². The third-order valence-electron chi connectivity index (χ3n) is 4.24. The molecule has 1 aromatic rings. The zero-order chi connectivity index (χ0) is 15.5. The van der Waals surface area contributed by atoms with Crippen molar-refractivity contribution in [1.29, 1.82) is 0 Å². The Morgan fingerprint density at radius 2 is 1.86 bits per heavy atom. The van der Waals surface area contributed by atoms with Gasteiger partial charge in [-0.1, -0.05) is 18.6 Å². The molecule has 118 valence electrons. The highest BCUT2D eigenvalue weighted by molar-refractivity contribution is 7.98. The van der Waals surface area contributed by atoms with Crippen LogP contribution in [0, 0.1) is 5.92 Å². The van der Waals surface area contributed by atoms with E-state index >= 15 is 0 Å². The lowest BCUT2D eigenvalue weighted by Gasteiger charge is -2.33. The molecule has 1 saturated carbocycles. The van der Waals surface area contributed by atoms with Crippen molar-refractivity contribution >= 4 is 11.8 Å². The largest absolute Gasteiger partial charge is 0.391 e. The normalized spacial score (nSPS) is 24.8. The van der Waals surface area contributed by atoms with Crippen molar-refractivity contribution in [2.75, 3.05) is 6.26 Å². The molecule has 1 N–H and O–H groups in total. The molecule has 21 heavy (non-hydrogen) atoms. The monoisotopic (exact) mass is 317 g/mol. The van der Waals surface area contributed by atoms with Crippen LogP contribution in [-0.2, 0) is 0 Å². The van der Waals surface area contributed by atoms with Gasteiger partial charge in [-0.25, -0.2) is 0 Å². The Balaban J connectivity index is 1.93. The van der Waals surface area contributed by atoms with Gasteiger partial charge in [-0.05, 0) is 50.1 Å². The molecule has 1 aliphatic carbocycles. The van der Waals surface area contributed by atoms with Gasteiger partial charge in [-0.2, -0.15) is 13.2 Å². The van der Waals surface area contributed by atoms with Crippen LogP contribution < -0.4 is 5.32 Å². The minimum absolute atomic E-state index is 0.0411. The number of benzene rings is 1. The van der Waals surface area contributed by atoms with Crippen LogP contribution in [-0.4, -0.2) is 18.5 Å². The first-order chi connectivity index (χ1) is 9.90. The van der Waals surface area contributed by atoms with E-state index in [1.807, 2.05) is 25.3 Å². The minimum Gasteiger partial charge on any atom is -0.307 e. The maximum Gasteiger partial charge on any atom is 0.391 e. The summed E-state index contributed by atoms with van der Waals surface area (Å²) in [6, 6.07) is 8.24. The van der Waals surface area contributed by atoms with Crippen LogP contribution in [0.15, 0.2) is 29.2 Å². The van der Waals surface area contributed by atoms with E-state index in [0.717, 1.165) is 12.0 Å². The lowest BCUT2D eigenvalue weighted by atomic mass is 9.85. The van der Waals surface area contributed by atoms with Gasteiger partial charge in [0.15, 0.2) is 0 Å². The Labute approximate surface area is 128 Å². The van der Waals surface area contributed by atoms with Crippen LogP contribution >= 0.6 is 11.8 Å². The minimum atomic E-state index is -4.05. The van der Waals surface area contributed by atoms with Crippen LogP contribution in [0.1, 0.15) is 44.2 Å². The third kappa shape index (κ3) is 4.65. The first-order valence-corrected chi connectivity index (χ1v) is 8.59. The SMILES string of the molecule is CSc1ccc(C(C)NC2CCCC(C(F)(F)F)C2)cc1. The molecule has 1 aliphatic rings. The lowest BCUT2D eigenvalue weighted by Crippen LogP contribution is -2.39. The van der Waals surface area contributed by atoms with Gasteiger partial charge in [0.05, 0.1) is 5.92 Å². The lowest BCUT2D eigenvalue weighted by molar-refractivity contribution is -0.183. The highest BCUT2D eigenvalue weighted by Crippen LogP contribution is 2.38. The van der Waals surface area contributed by atoms with Crippen molar-refractivity contribution in [3.8, 4) is 0 Å². The fourth-order valence-corrected chi connectivity index (χ4v) is 3.39. The van der Waals surface area contributed by atoms with E-state index in [0.29, 0.717) is 6.42 Å². The Morgan fingerprint density at radius 1 is 1.19 bits per heavy atom. The molecule has 0 saturated heterocycles. The van der Waals surface area contributed by atoms with Gasteiger partial charge >= 0.3 is 6.18 Å². The van der Waals surface area contributed by atoms with Gasteiger partial charge in [-0.3, -0.25) is 0 Å². The van der Waals surface area contributed by atoms with E-state index < -0.39 is 12.1 Å². The zero-order valence-corrected chi connectivity index (χ0v) is 13.2. The molecule has 5 heteroatoms. The number of hydrogen-bond donors (Lipinski definition) is 1. The first kappa shape index (κ1) is 16.7. The molecule has 2 rings (SSSR count). The van der Waals surface area contributed by atoms with Gasteiger partial charge in [0.25, 0.3) is 0 Å². The summed E-state index contributed by atoms with van der Waals surface area (Å²) in [7, 11) is 0. The first-order valence-electron chi connectivity index (χ1n) is 7.37. The molecule has 0 amide bonds. The molecule has 0 radical (unpaired) electrons. The Morgan fingerprint density at radius 3 is 2.43 bits per heavy atom. The molecule has 1 fully saturated rings. The zero-order valence-electron chi connectivity index (χ0n) is 12.4. The summed E-state index contributed by atoms with van der Waals surface area (Å²) in [6.45, 7) is 2.02. The predicted molar refractivity (Wildman–Crippen MR) is 81.6 cm³/mol. The van der Waals surface area contributed by atoms with E-state index in [4.69, 9.17) is 0 Å². The molecule has 3 unspecified atom stereocenters. The van der Waals surface area contributed by atoms with E-state index in [1.54, 1.807) is 11.8 Å². The summed E-state index contributed by atoms with van der Waals surface area (Å²) >= 11 is 1.68. The quantitative estimate of drug-likeness (QED) is 0.768. The summed E-state index contributed by atoms with van der Waals surface area (Å²) in [4.78, 5) is 1.20. The van der Waals surface area contributed by atoms with Crippen molar-refractivity contribution < 1.29 is 13.2 Å². The molecule has 1 nitrogen and oxygen atoms in total. The molecule has 3 atom stereocenters. The molecular formula is C16H22F3NS. The number of thioether (sulfide) groups is 1. The summed E-state index contributed by atoms with van der Waals surface area (Å²) in [5.74, 6) is -1.14. The van der Waals surface area contributed by atoms with E-state index in [2.05, 4.69) is 17.4 Å². The smallest absolute Gasteiger partial charge is 0.307 e. The number of hydrogen-bond acceptors (Lipinski definition) is 2. The summed E-state index contributed by atoms with van der Waals surface area (Å²) < 4.78 is 38.5. The summed E-state index contributed by atoms with van der Waals surface area (Å²) in [6.07, 6.45) is -0.0609. The Kier molecular flexibility index (Phi) is 5.60. The van der Waals surface area contributed by atoms with Gasteiger partial charge in [0.1, 0.15) is 0 Å². The second kappa shape index (κ2) is 7.05. The Hall–Kier alpha value is -0.680. The molecule has 1 aromatic carbocycles. The van der Waals surface area contributed by atoms with Crippen LogP contribution in [0.25, 0.3) is 0 Å². The maximum absolute atomic E-state index is 12.8. The number of alkyl halides is 3. The van der Waals surface area contributed by atoms with Crippen molar-refractivity contribution in [2.45, 2.75) is 55.8 Å². The number of rotatable bonds is 4. The molecule has 0 bridgehead atoms. The average molecular weight is 317 g/mol. The van der Waals surface area contributed by atoms with Gasteiger partial charge in [-0.15, -0.1) is 11.8 Å². The van der Waals surface area contributed by atoms with E-state index in [-0.39, 0.29) is 24.9 Å². The molecule has 0 aliphatic heterocycles. The Bertz CT molecular complexity index is 444. The standard InChI is InChI=1S/C16H22F3NS/c1-11(12-6-8-15(21-2)9-7-12)20-14-5-3-4-13(10-14)16(17,18)19/h6-9,11,13-14,20H,3-5,10H2,1-2H3. The predicted octanol–water partition coefficient (Wildman–Crippen LogP) is 5.18. The van der Waals surface area contributed by atoms with Crippen LogP contribution in [0.2, 0.25) is 0 Å². The molecular weight excluding hydrogens is 295 g/mol. The van der Waals surface area contributed by atoms with Crippen molar-refractivity contribution in [3.63, 3.8) is 0 Å². The highest BCUT2D eigenvalue weighted by atomic mass is 32.2. The van der Waals surface area contributed by atoms with Gasteiger partial charge in [0, 0.05) is 17.0 Å². The number of nitrogens with one attached hydrogen (secondary N) is 1. The molecule has 0 heterocycles. The topological polar surface area (TPSA) is 12.0 Å². The van der Waals surface area contributed by atoms with Crippen molar-refractivity contribution in [3.05, 3.63) is 29.8 Å². The highest BCUT2D eigenvalue weighted by Gasteiger charge is 2.42. The third-order valence-corrected chi connectivity index (χ3v) is 4.98.